The molecule has 1 aromatic carbocycles. The van der Waals surface area contributed by atoms with Crippen molar-refractivity contribution >= 4 is 17.5 Å². The van der Waals surface area contributed by atoms with E-state index in [1.807, 2.05) is 6.07 Å². The number of amides is 1. The molecular formula is C12H12ClN3O. The van der Waals surface area contributed by atoms with Gasteiger partial charge in [-0.05, 0) is 30.3 Å². The standard InChI is InChI=1S/C12H12ClN3O/c13-10-3-1-9(2-4-10)12(17)14-7-5-11-6-8-15-16-11/h1-4,6,8H,5,7H2,(H,14,17)(H,15,16). The van der Waals surface area contributed by atoms with E-state index in [4.69, 9.17) is 11.6 Å². The smallest absolute Gasteiger partial charge is 0.251 e. The molecule has 0 atom stereocenters. The molecule has 1 amide bonds. The van der Waals surface area contributed by atoms with Gasteiger partial charge in [0, 0.05) is 35.4 Å². The second-order valence-corrected chi connectivity index (χ2v) is 4.03. The van der Waals surface area contributed by atoms with E-state index in [-0.39, 0.29) is 5.91 Å². The highest BCUT2D eigenvalue weighted by Gasteiger charge is 2.04. The minimum absolute atomic E-state index is 0.0961. The summed E-state index contributed by atoms with van der Waals surface area (Å²) in [6.45, 7) is 0.573. The summed E-state index contributed by atoms with van der Waals surface area (Å²) in [7, 11) is 0. The number of nitrogens with one attached hydrogen (secondary N) is 2. The van der Waals surface area contributed by atoms with Crippen LogP contribution in [0.2, 0.25) is 5.02 Å². The molecule has 4 nitrogen and oxygen atoms in total. The Bertz CT molecular complexity index is 479. The lowest BCUT2D eigenvalue weighted by Gasteiger charge is -2.04. The zero-order valence-corrected chi connectivity index (χ0v) is 9.87. The summed E-state index contributed by atoms with van der Waals surface area (Å²) in [6, 6.07) is 8.69. The number of aromatic amines is 1. The molecule has 1 aromatic heterocycles. The van der Waals surface area contributed by atoms with Crippen molar-refractivity contribution in [3.8, 4) is 0 Å². The average molecular weight is 250 g/mol. The maximum atomic E-state index is 11.7. The number of aromatic nitrogens is 2. The summed E-state index contributed by atoms with van der Waals surface area (Å²) in [5, 5.41) is 10.1. The number of halogens is 1. The average Bonchev–Trinajstić information content (AvgIpc) is 2.83. The van der Waals surface area contributed by atoms with E-state index in [0.29, 0.717) is 17.1 Å². The van der Waals surface area contributed by atoms with E-state index >= 15 is 0 Å². The SMILES string of the molecule is O=C(NCCc1ccn[nH]1)c1ccc(Cl)cc1. The molecule has 2 aromatic rings. The Morgan fingerprint density at radius 2 is 2.06 bits per heavy atom. The first-order valence-electron chi connectivity index (χ1n) is 5.28. The van der Waals surface area contributed by atoms with Crippen LogP contribution in [0.1, 0.15) is 16.1 Å². The molecule has 0 saturated heterocycles. The van der Waals surface area contributed by atoms with Crippen LogP contribution in [0.25, 0.3) is 0 Å². The maximum absolute atomic E-state index is 11.7. The second kappa shape index (κ2) is 5.50. The normalized spacial score (nSPS) is 10.2. The molecule has 0 bridgehead atoms. The number of hydrogen-bond acceptors (Lipinski definition) is 2. The molecule has 17 heavy (non-hydrogen) atoms. The summed E-state index contributed by atoms with van der Waals surface area (Å²) < 4.78 is 0. The van der Waals surface area contributed by atoms with E-state index in [2.05, 4.69) is 15.5 Å². The third-order valence-corrected chi connectivity index (χ3v) is 2.60. The molecule has 0 fully saturated rings. The van der Waals surface area contributed by atoms with Gasteiger partial charge in [0.05, 0.1) is 0 Å². The molecule has 0 saturated carbocycles. The van der Waals surface area contributed by atoms with E-state index in [0.717, 1.165) is 12.1 Å². The molecule has 1 heterocycles. The van der Waals surface area contributed by atoms with Gasteiger partial charge in [0.15, 0.2) is 0 Å². The van der Waals surface area contributed by atoms with Crippen LogP contribution in [-0.4, -0.2) is 22.6 Å². The quantitative estimate of drug-likeness (QED) is 0.871. The van der Waals surface area contributed by atoms with Crippen LogP contribution >= 0.6 is 11.6 Å². The van der Waals surface area contributed by atoms with Crippen molar-refractivity contribution in [2.24, 2.45) is 0 Å². The van der Waals surface area contributed by atoms with E-state index in [9.17, 15) is 4.79 Å². The molecule has 88 valence electrons. The molecule has 0 unspecified atom stereocenters. The van der Waals surface area contributed by atoms with Gasteiger partial charge in [-0.15, -0.1) is 0 Å². The van der Waals surface area contributed by atoms with Crippen molar-refractivity contribution in [2.75, 3.05) is 6.54 Å². The van der Waals surface area contributed by atoms with Gasteiger partial charge >= 0.3 is 0 Å². The Kier molecular flexibility index (Phi) is 3.77. The summed E-state index contributed by atoms with van der Waals surface area (Å²) in [5.74, 6) is -0.0961. The van der Waals surface area contributed by atoms with Crippen molar-refractivity contribution in [3.63, 3.8) is 0 Å². The topological polar surface area (TPSA) is 57.8 Å². The number of H-pyrrole nitrogens is 1. The number of carbonyl (C=O) groups is 1. The van der Waals surface area contributed by atoms with Crippen molar-refractivity contribution in [3.05, 3.63) is 52.8 Å². The number of benzene rings is 1. The summed E-state index contributed by atoms with van der Waals surface area (Å²) in [5.41, 5.74) is 1.61. The van der Waals surface area contributed by atoms with Crippen molar-refractivity contribution in [2.45, 2.75) is 6.42 Å². The van der Waals surface area contributed by atoms with Crippen LogP contribution in [0.4, 0.5) is 0 Å². The fraction of sp³-hybridized carbons (Fsp3) is 0.167. The Balaban J connectivity index is 1.83. The van der Waals surface area contributed by atoms with Gasteiger partial charge in [0.2, 0.25) is 0 Å². The Labute approximate surface area is 104 Å². The maximum Gasteiger partial charge on any atom is 0.251 e. The van der Waals surface area contributed by atoms with Crippen molar-refractivity contribution in [1.29, 1.82) is 0 Å². The predicted molar refractivity (Wildman–Crippen MR) is 66.1 cm³/mol. The van der Waals surface area contributed by atoms with Gasteiger partial charge in [-0.3, -0.25) is 9.89 Å². The largest absolute Gasteiger partial charge is 0.352 e. The third-order valence-electron chi connectivity index (χ3n) is 2.34. The predicted octanol–water partition coefficient (Wildman–Crippen LogP) is 2.04. The van der Waals surface area contributed by atoms with Crippen LogP contribution in [0.3, 0.4) is 0 Å². The lowest BCUT2D eigenvalue weighted by molar-refractivity contribution is 0.0954. The Morgan fingerprint density at radius 3 is 2.71 bits per heavy atom. The molecule has 0 aliphatic carbocycles. The van der Waals surface area contributed by atoms with Crippen LogP contribution in [0.15, 0.2) is 36.5 Å². The number of nitrogens with zero attached hydrogens (tertiary/aromatic N) is 1. The fourth-order valence-electron chi connectivity index (χ4n) is 1.44. The first-order valence-corrected chi connectivity index (χ1v) is 5.65. The molecule has 2 rings (SSSR count). The van der Waals surface area contributed by atoms with Crippen molar-refractivity contribution < 1.29 is 4.79 Å². The van der Waals surface area contributed by atoms with Crippen LogP contribution in [-0.2, 0) is 6.42 Å². The van der Waals surface area contributed by atoms with Crippen LogP contribution in [0.5, 0.6) is 0 Å². The zero-order valence-electron chi connectivity index (χ0n) is 9.11. The van der Waals surface area contributed by atoms with Gasteiger partial charge < -0.3 is 5.32 Å². The van der Waals surface area contributed by atoms with Crippen LogP contribution in [0, 0.1) is 0 Å². The van der Waals surface area contributed by atoms with Gasteiger partial charge in [-0.2, -0.15) is 5.10 Å². The van der Waals surface area contributed by atoms with E-state index in [1.54, 1.807) is 30.5 Å². The first kappa shape index (κ1) is 11.7. The molecule has 0 aliphatic rings. The minimum Gasteiger partial charge on any atom is -0.352 e. The molecular weight excluding hydrogens is 238 g/mol. The highest BCUT2D eigenvalue weighted by molar-refractivity contribution is 6.30. The monoisotopic (exact) mass is 249 g/mol. The second-order valence-electron chi connectivity index (χ2n) is 3.59. The fourth-order valence-corrected chi connectivity index (χ4v) is 1.56. The Hall–Kier alpha value is -1.81. The van der Waals surface area contributed by atoms with E-state index in [1.165, 1.54) is 0 Å². The Morgan fingerprint density at radius 1 is 1.29 bits per heavy atom. The highest BCUT2D eigenvalue weighted by Crippen LogP contribution is 2.09. The van der Waals surface area contributed by atoms with Gasteiger partial charge in [-0.1, -0.05) is 11.6 Å². The summed E-state index contributed by atoms with van der Waals surface area (Å²) in [4.78, 5) is 11.7. The van der Waals surface area contributed by atoms with Gasteiger partial charge in [0.1, 0.15) is 0 Å². The number of hydrogen-bond donors (Lipinski definition) is 2. The van der Waals surface area contributed by atoms with Crippen molar-refractivity contribution in [1.82, 2.24) is 15.5 Å². The zero-order chi connectivity index (χ0) is 12.1. The van der Waals surface area contributed by atoms with Gasteiger partial charge in [-0.25, -0.2) is 0 Å². The molecule has 0 aliphatic heterocycles. The molecule has 0 spiro atoms. The molecule has 2 N–H and O–H groups in total. The number of carbonyl (C=O) groups excluding carboxylic acids is 1. The molecule has 0 radical (unpaired) electrons. The highest BCUT2D eigenvalue weighted by atomic mass is 35.5. The lowest BCUT2D eigenvalue weighted by Crippen LogP contribution is -2.25. The summed E-state index contributed by atoms with van der Waals surface area (Å²) >= 11 is 5.75. The van der Waals surface area contributed by atoms with Gasteiger partial charge in [0.25, 0.3) is 5.91 Å². The van der Waals surface area contributed by atoms with Crippen LogP contribution < -0.4 is 5.32 Å². The lowest BCUT2D eigenvalue weighted by atomic mass is 10.2. The minimum atomic E-state index is -0.0961. The molecule has 5 heteroatoms. The van der Waals surface area contributed by atoms with E-state index < -0.39 is 0 Å². The first-order chi connectivity index (χ1) is 8.25. The third kappa shape index (κ3) is 3.32. The number of rotatable bonds is 4. The summed E-state index contributed by atoms with van der Waals surface area (Å²) in [6.07, 6.45) is 2.43.